The van der Waals surface area contributed by atoms with Gasteiger partial charge in [0, 0.05) is 17.8 Å². The van der Waals surface area contributed by atoms with E-state index in [9.17, 15) is 40.9 Å². The van der Waals surface area contributed by atoms with Crippen LogP contribution in [0.15, 0.2) is 23.3 Å². The average Bonchev–Trinajstić information content (AvgIpc) is 2.87. The van der Waals surface area contributed by atoms with Crippen molar-refractivity contribution in [3.05, 3.63) is 23.3 Å². The summed E-state index contributed by atoms with van der Waals surface area (Å²) in [6, 6.07) is 0. The molecule has 0 aromatic heterocycles. The molecule has 4 aliphatic rings. The molecule has 8 N–H and O–H groups in total. The summed E-state index contributed by atoms with van der Waals surface area (Å²) in [6.45, 7) is 4.82. The Kier molecular flexibility index (Phi) is 4.35. The van der Waals surface area contributed by atoms with Gasteiger partial charge in [-0.15, -0.1) is 0 Å². The number of rotatable bonds is 1. The molecule has 0 spiro atoms. The van der Waals surface area contributed by atoms with E-state index >= 15 is 0 Å². The number of allylic oxidation sites excluding steroid dienone is 2. The zero-order valence-electron chi connectivity index (χ0n) is 16.9. The minimum Gasteiger partial charge on any atom is -0.392 e. The summed E-state index contributed by atoms with van der Waals surface area (Å²) in [4.78, 5) is 0. The van der Waals surface area contributed by atoms with Crippen LogP contribution in [0, 0.1) is 22.7 Å². The molecule has 4 rings (SSSR count). The molecule has 3 saturated carbocycles. The zero-order chi connectivity index (χ0) is 21.8. The third-order valence-electron chi connectivity index (χ3n) is 8.92. The molecule has 0 bridgehead atoms. The second-order valence-corrected chi connectivity index (χ2v) is 10.0. The van der Waals surface area contributed by atoms with E-state index in [0.29, 0.717) is 24.0 Å². The Hall–Kier alpha value is -0.840. The third kappa shape index (κ3) is 2.21. The van der Waals surface area contributed by atoms with Gasteiger partial charge in [0.25, 0.3) is 0 Å². The molecule has 0 unspecified atom stereocenters. The monoisotopic (exact) mass is 412 g/mol. The van der Waals surface area contributed by atoms with Crippen LogP contribution >= 0.6 is 0 Å². The van der Waals surface area contributed by atoms with Crippen LogP contribution in [0.1, 0.15) is 46.5 Å². The minimum absolute atomic E-state index is 0.104. The zero-order valence-corrected chi connectivity index (χ0v) is 16.9. The van der Waals surface area contributed by atoms with E-state index in [4.69, 9.17) is 0 Å². The normalized spacial score (nSPS) is 51.3. The molecule has 3 fully saturated rings. The lowest BCUT2D eigenvalue weighted by molar-refractivity contribution is -0.431. The average molecular weight is 412 g/mol. The summed E-state index contributed by atoms with van der Waals surface area (Å²) < 4.78 is 0. The number of hydrogen-bond donors (Lipinski definition) is 8. The van der Waals surface area contributed by atoms with Gasteiger partial charge in [-0.3, -0.25) is 0 Å². The molecule has 0 aliphatic heterocycles. The van der Waals surface area contributed by atoms with Crippen LogP contribution < -0.4 is 0 Å². The first-order valence-corrected chi connectivity index (χ1v) is 10.2. The lowest BCUT2D eigenvalue weighted by Gasteiger charge is -2.62. The van der Waals surface area contributed by atoms with Gasteiger partial charge in [0.15, 0.2) is 0 Å². The first-order valence-electron chi connectivity index (χ1n) is 10.2. The molecule has 0 heterocycles. The summed E-state index contributed by atoms with van der Waals surface area (Å²) >= 11 is 0. The van der Waals surface area contributed by atoms with Crippen molar-refractivity contribution in [2.24, 2.45) is 22.7 Å². The van der Waals surface area contributed by atoms with Crippen LogP contribution in [-0.4, -0.2) is 76.3 Å². The molecule has 0 aromatic carbocycles. The van der Waals surface area contributed by atoms with E-state index in [1.54, 1.807) is 12.2 Å². The molecule has 8 nitrogen and oxygen atoms in total. The van der Waals surface area contributed by atoms with E-state index in [0.717, 1.165) is 0 Å². The molecule has 8 heteroatoms. The maximum atomic E-state index is 11.2. The molecule has 29 heavy (non-hydrogen) atoms. The number of fused-ring (bicyclic) bond motifs is 5. The van der Waals surface area contributed by atoms with Crippen molar-refractivity contribution < 1.29 is 40.9 Å². The van der Waals surface area contributed by atoms with Crippen LogP contribution in [0.2, 0.25) is 0 Å². The topological polar surface area (TPSA) is 162 Å². The fraction of sp³-hybridized carbons (Fsp3) is 0.810. The Morgan fingerprint density at radius 2 is 1.66 bits per heavy atom. The fourth-order valence-electron chi connectivity index (χ4n) is 6.99. The summed E-state index contributed by atoms with van der Waals surface area (Å²) in [7, 11) is 0. The van der Waals surface area contributed by atoms with E-state index < -0.39 is 52.2 Å². The fourth-order valence-corrected chi connectivity index (χ4v) is 6.99. The van der Waals surface area contributed by atoms with Crippen molar-refractivity contribution in [2.75, 3.05) is 0 Å². The van der Waals surface area contributed by atoms with Crippen molar-refractivity contribution in [1.82, 2.24) is 0 Å². The maximum Gasteiger partial charge on any atom is 0.246 e. The van der Waals surface area contributed by atoms with Crippen LogP contribution in [0.5, 0.6) is 0 Å². The van der Waals surface area contributed by atoms with Gasteiger partial charge in [0.05, 0.1) is 23.2 Å². The summed E-state index contributed by atoms with van der Waals surface area (Å²) in [5, 5.41) is 85.3. The highest BCUT2D eigenvalue weighted by molar-refractivity contribution is 5.44. The van der Waals surface area contributed by atoms with Gasteiger partial charge in [-0.05, 0) is 39.0 Å². The Morgan fingerprint density at radius 1 is 1.03 bits per heavy atom. The molecule has 8 atom stereocenters. The largest absolute Gasteiger partial charge is 0.392 e. The second-order valence-electron chi connectivity index (χ2n) is 10.0. The molecule has 0 radical (unpaired) electrons. The number of hydrogen-bond acceptors (Lipinski definition) is 8. The Labute approximate surface area is 169 Å². The minimum atomic E-state index is -3.18. The highest BCUT2D eigenvalue weighted by Gasteiger charge is 2.74. The van der Waals surface area contributed by atoms with E-state index in [1.807, 2.05) is 6.92 Å². The van der Waals surface area contributed by atoms with Gasteiger partial charge in [-0.1, -0.05) is 30.2 Å². The van der Waals surface area contributed by atoms with E-state index in [1.165, 1.54) is 13.8 Å². The first kappa shape index (κ1) is 21.4. The van der Waals surface area contributed by atoms with Crippen molar-refractivity contribution in [2.45, 2.75) is 81.9 Å². The van der Waals surface area contributed by atoms with Crippen molar-refractivity contribution in [1.29, 1.82) is 0 Å². The van der Waals surface area contributed by atoms with Crippen molar-refractivity contribution >= 4 is 0 Å². The molecule has 0 saturated heterocycles. The Bertz CT molecular complexity index is 786. The SMILES string of the molecule is C[C@H](O)[C@@]1(O)CC[C@H]2C3=CC=C4C[C@@H](O)C(O)(O)C(O)(O)[C@]4(C)[C@H]3[C@@H](O)C[C@@]21C. The highest BCUT2D eigenvalue weighted by Crippen LogP contribution is 2.68. The van der Waals surface area contributed by atoms with Gasteiger partial charge in [-0.2, -0.15) is 0 Å². The molecule has 0 amide bonds. The second kappa shape index (κ2) is 5.89. The van der Waals surface area contributed by atoms with Gasteiger partial charge in [0.1, 0.15) is 6.10 Å². The summed E-state index contributed by atoms with van der Waals surface area (Å²) in [6.07, 6.45) is 0.285. The Balaban J connectivity index is 1.87. The van der Waals surface area contributed by atoms with E-state index in [-0.39, 0.29) is 18.8 Å². The lowest BCUT2D eigenvalue weighted by Crippen LogP contribution is -2.75. The number of aliphatic hydroxyl groups is 8. The van der Waals surface area contributed by atoms with Crippen molar-refractivity contribution in [3.63, 3.8) is 0 Å². The first-order chi connectivity index (χ1) is 13.2. The third-order valence-corrected chi connectivity index (χ3v) is 8.92. The lowest BCUT2D eigenvalue weighted by atomic mass is 9.46. The highest BCUT2D eigenvalue weighted by atomic mass is 16.6. The number of aliphatic hydroxyl groups excluding tert-OH is 3. The quantitative estimate of drug-likeness (QED) is 0.252. The standard InChI is InChI=1S/C21H32O8/c1-10(22)19(25)7-6-13-12-5-4-11-8-15(24)20(26,27)21(28,29)18(11,3)16(12)14(23)9-17(13,19)2/h4-5,10,13-16,22-29H,6-9H2,1-3H3/t10-,13-,14-,15+,16+,17-,18-,19-/m0/s1. The van der Waals surface area contributed by atoms with Gasteiger partial charge in [-0.25, -0.2) is 0 Å². The van der Waals surface area contributed by atoms with E-state index in [2.05, 4.69) is 0 Å². The predicted octanol–water partition coefficient (Wildman–Crippen LogP) is -1.11. The van der Waals surface area contributed by atoms with Crippen LogP contribution in [0.25, 0.3) is 0 Å². The molecule has 0 aromatic rings. The maximum absolute atomic E-state index is 11.2. The molecule has 164 valence electrons. The molecular formula is C21H32O8. The molecular weight excluding hydrogens is 380 g/mol. The Morgan fingerprint density at radius 3 is 2.24 bits per heavy atom. The van der Waals surface area contributed by atoms with Gasteiger partial charge < -0.3 is 40.9 Å². The smallest absolute Gasteiger partial charge is 0.246 e. The van der Waals surface area contributed by atoms with Gasteiger partial charge >= 0.3 is 0 Å². The van der Waals surface area contributed by atoms with Crippen LogP contribution in [0.4, 0.5) is 0 Å². The predicted molar refractivity (Wildman–Crippen MR) is 101 cm³/mol. The van der Waals surface area contributed by atoms with Gasteiger partial charge in [0.2, 0.25) is 11.6 Å². The van der Waals surface area contributed by atoms with Crippen molar-refractivity contribution in [3.8, 4) is 0 Å². The van der Waals surface area contributed by atoms with Crippen LogP contribution in [0.3, 0.4) is 0 Å². The molecule has 4 aliphatic carbocycles. The van der Waals surface area contributed by atoms with Crippen LogP contribution in [-0.2, 0) is 0 Å². The summed E-state index contributed by atoms with van der Waals surface area (Å²) in [5.41, 5.74) is -2.79. The summed E-state index contributed by atoms with van der Waals surface area (Å²) in [5.74, 6) is -7.39.